The van der Waals surface area contributed by atoms with Crippen LogP contribution in [0.25, 0.3) is 21.1 Å². The van der Waals surface area contributed by atoms with Gasteiger partial charge in [-0.3, -0.25) is 4.79 Å². The standard InChI is InChI=1S/C22H25N5O2S/c1-13(11-29-3)27-21(28)19-14(2)18-20(25-12-26-22(18)30-19)23-9-8-15-10-24-17-7-5-4-6-16(15)17/h4-7,10,12-13,24H,8-9,11H2,1-3H3,(H,27,28)(H,23,25,26)/t13-/m0/s1. The number of thiophene rings is 1. The average Bonchev–Trinajstić information content (AvgIpc) is 3.30. The summed E-state index contributed by atoms with van der Waals surface area (Å²) in [4.78, 5) is 26.3. The SMILES string of the molecule is COC[C@H](C)NC(=O)c1sc2ncnc(NCCc3c[nH]c4ccccc34)c2c1C. The maximum absolute atomic E-state index is 12.7. The number of benzene rings is 1. The fourth-order valence-electron chi connectivity index (χ4n) is 3.66. The van der Waals surface area contributed by atoms with Gasteiger partial charge in [0.25, 0.3) is 5.91 Å². The van der Waals surface area contributed by atoms with Gasteiger partial charge < -0.3 is 20.4 Å². The molecule has 0 aliphatic carbocycles. The largest absolute Gasteiger partial charge is 0.383 e. The number of fused-ring (bicyclic) bond motifs is 2. The van der Waals surface area contributed by atoms with Crippen LogP contribution in [0.1, 0.15) is 27.7 Å². The van der Waals surface area contributed by atoms with Gasteiger partial charge in [0.1, 0.15) is 17.0 Å². The number of aryl methyl sites for hydroxylation is 1. The molecular weight excluding hydrogens is 398 g/mol. The van der Waals surface area contributed by atoms with Crippen molar-refractivity contribution in [2.24, 2.45) is 0 Å². The van der Waals surface area contributed by atoms with Crippen LogP contribution >= 0.6 is 11.3 Å². The van der Waals surface area contributed by atoms with Crippen LogP contribution in [-0.4, -0.2) is 47.2 Å². The number of para-hydroxylation sites is 1. The Kier molecular flexibility index (Phi) is 5.96. The number of H-pyrrole nitrogens is 1. The van der Waals surface area contributed by atoms with Gasteiger partial charge in [-0.15, -0.1) is 11.3 Å². The average molecular weight is 424 g/mol. The van der Waals surface area contributed by atoms with Crippen molar-refractivity contribution in [1.29, 1.82) is 0 Å². The molecule has 3 aromatic heterocycles. The Morgan fingerprint density at radius 2 is 2.13 bits per heavy atom. The number of aromatic nitrogens is 3. The topological polar surface area (TPSA) is 91.9 Å². The number of carbonyl (C=O) groups excluding carboxylic acids is 1. The molecule has 1 amide bonds. The summed E-state index contributed by atoms with van der Waals surface area (Å²) in [7, 11) is 1.62. The van der Waals surface area contributed by atoms with E-state index in [0.29, 0.717) is 11.5 Å². The van der Waals surface area contributed by atoms with Gasteiger partial charge in [-0.25, -0.2) is 9.97 Å². The predicted molar refractivity (Wildman–Crippen MR) is 121 cm³/mol. The summed E-state index contributed by atoms with van der Waals surface area (Å²) in [5.74, 6) is 0.655. The quantitative estimate of drug-likeness (QED) is 0.400. The van der Waals surface area contributed by atoms with E-state index in [0.717, 1.165) is 40.1 Å². The predicted octanol–water partition coefficient (Wildman–Crippen LogP) is 3.90. The van der Waals surface area contributed by atoms with Crippen molar-refractivity contribution in [3.63, 3.8) is 0 Å². The number of nitrogens with zero attached hydrogens (tertiary/aromatic N) is 2. The first kappa shape index (κ1) is 20.3. The third-order valence-corrected chi connectivity index (χ3v) is 6.29. The summed E-state index contributed by atoms with van der Waals surface area (Å²) in [5, 5.41) is 8.55. The Balaban J connectivity index is 1.51. The van der Waals surface area contributed by atoms with Gasteiger partial charge in [-0.05, 0) is 37.5 Å². The Labute approximate surface area is 178 Å². The molecule has 4 rings (SSSR count). The van der Waals surface area contributed by atoms with Crippen molar-refractivity contribution in [2.75, 3.05) is 25.6 Å². The molecule has 1 aromatic carbocycles. The lowest BCUT2D eigenvalue weighted by atomic mass is 10.1. The molecule has 0 aliphatic heterocycles. The van der Waals surface area contributed by atoms with E-state index in [1.54, 1.807) is 13.4 Å². The van der Waals surface area contributed by atoms with E-state index in [1.165, 1.54) is 22.3 Å². The molecule has 30 heavy (non-hydrogen) atoms. The fourth-order valence-corrected chi connectivity index (χ4v) is 4.71. The summed E-state index contributed by atoms with van der Waals surface area (Å²) in [6.07, 6.45) is 4.46. The van der Waals surface area contributed by atoms with Crippen LogP contribution in [0.3, 0.4) is 0 Å². The molecule has 1 atom stereocenters. The highest BCUT2D eigenvalue weighted by Crippen LogP contribution is 2.33. The molecule has 8 heteroatoms. The molecule has 0 fully saturated rings. The molecule has 0 bridgehead atoms. The maximum Gasteiger partial charge on any atom is 0.262 e. The number of ether oxygens (including phenoxy) is 1. The van der Waals surface area contributed by atoms with Crippen LogP contribution < -0.4 is 10.6 Å². The molecule has 0 spiro atoms. The Bertz CT molecular complexity index is 1180. The van der Waals surface area contributed by atoms with Crippen LogP contribution in [0.15, 0.2) is 36.8 Å². The number of carbonyl (C=O) groups is 1. The zero-order valence-corrected chi connectivity index (χ0v) is 18.1. The van der Waals surface area contributed by atoms with Gasteiger partial charge in [0.05, 0.1) is 16.9 Å². The molecule has 0 unspecified atom stereocenters. The van der Waals surface area contributed by atoms with Crippen molar-refractivity contribution >= 4 is 44.2 Å². The Hall–Kier alpha value is -2.97. The zero-order valence-electron chi connectivity index (χ0n) is 17.3. The van der Waals surface area contributed by atoms with Crippen LogP contribution in [0.5, 0.6) is 0 Å². The van der Waals surface area contributed by atoms with E-state index in [9.17, 15) is 4.79 Å². The van der Waals surface area contributed by atoms with E-state index in [1.807, 2.05) is 19.9 Å². The summed E-state index contributed by atoms with van der Waals surface area (Å²) < 4.78 is 5.10. The molecule has 0 aliphatic rings. The minimum Gasteiger partial charge on any atom is -0.383 e. The highest BCUT2D eigenvalue weighted by molar-refractivity contribution is 7.20. The minimum atomic E-state index is -0.107. The monoisotopic (exact) mass is 423 g/mol. The molecular formula is C22H25N5O2S. The van der Waals surface area contributed by atoms with Crippen molar-refractivity contribution in [2.45, 2.75) is 26.3 Å². The molecule has 0 saturated heterocycles. The second-order valence-electron chi connectivity index (χ2n) is 7.32. The number of rotatable bonds is 8. The number of hydrogen-bond acceptors (Lipinski definition) is 6. The van der Waals surface area contributed by atoms with Crippen molar-refractivity contribution in [1.82, 2.24) is 20.3 Å². The molecule has 3 N–H and O–H groups in total. The molecule has 3 heterocycles. The second kappa shape index (κ2) is 8.81. The highest BCUT2D eigenvalue weighted by Gasteiger charge is 2.20. The molecule has 4 aromatic rings. The summed E-state index contributed by atoms with van der Waals surface area (Å²) in [6.45, 7) is 5.07. The summed E-state index contributed by atoms with van der Waals surface area (Å²) in [5.41, 5.74) is 3.30. The van der Waals surface area contributed by atoms with Crippen LogP contribution in [0.2, 0.25) is 0 Å². The smallest absolute Gasteiger partial charge is 0.262 e. The van der Waals surface area contributed by atoms with Gasteiger partial charge in [0.15, 0.2) is 0 Å². The third-order valence-electron chi connectivity index (χ3n) is 5.09. The lowest BCUT2D eigenvalue weighted by Gasteiger charge is -2.12. The number of aromatic amines is 1. The molecule has 0 saturated carbocycles. The van der Waals surface area contributed by atoms with Gasteiger partial charge in [-0.1, -0.05) is 18.2 Å². The highest BCUT2D eigenvalue weighted by atomic mass is 32.1. The first-order chi connectivity index (χ1) is 14.6. The number of anilines is 1. The lowest BCUT2D eigenvalue weighted by Crippen LogP contribution is -2.35. The van der Waals surface area contributed by atoms with E-state index in [2.05, 4.69) is 50.0 Å². The van der Waals surface area contributed by atoms with Crippen LogP contribution in [-0.2, 0) is 11.2 Å². The van der Waals surface area contributed by atoms with Crippen molar-refractivity contribution in [3.05, 3.63) is 52.8 Å². The van der Waals surface area contributed by atoms with E-state index < -0.39 is 0 Å². The fraction of sp³-hybridized carbons (Fsp3) is 0.318. The number of nitrogens with one attached hydrogen (secondary N) is 3. The minimum absolute atomic E-state index is 0.0630. The molecule has 7 nitrogen and oxygen atoms in total. The van der Waals surface area contributed by atoms with Crippen LogP contribution in [0.4, 0.5) is 5.82 Å². The third kappa shape index (κ3) is 4.01. The number of amides is 1. The first-order valence-electron chi connectivity index (χ1n) is 9.91. The zero-order chi connectivity index (χ0) is 21.1. The van der Waals surface area contributed by atoms with Crippen LogP contribution in [0, 0.1) is 6.92 Å². The Morgan fingerprint density at radius 1 is 1.30 bits per heavy atom. The molecule has 156 valence electrons. The first-order valence-corrected chi connectivity index (χ1v) is 10.7. The maximum atomic E-state index is 12.7. The number of methoxy groups -OCH3 is 1. The molecule has 0 radical (unpaired) electrons. The lowest BCUT2D eigenvalue weighted by molar-refractivity contribution is 0.0909. The van der Waals surface area contributed by atoms with Gasteiger partial charge in [0, 0.05) is 36.8 Å². The van der Waals surface area contributed by atoms with Gasteiger partial charge >= 0.3 is 0 Å². The van der Waals surface area contributed by atoms with Crippen molar-refractivity contribution < 1.29 is 9.53 Å². The van der Waals surface area contributed by atoms with E-state index >= 15 is 0 Å². The Morgan fingerprint density at radius 3 is 2.97 bits per heavy atom. The summed E-state index contributed by atoms with van der Waals surface area (Å²) >= 11 is 1.39. The summed E-state index contributed by atoms with van der Waals surface area (Å²) in [6, 6.07) is 8.22. The van der Waals surface area contributed by atoms with E-state index in [-0.39, 0.29) is 11.9 Å². The van der Waals surface area contributed by atoms with Gasteiger partial charge in [0.2, 0.25) is 0 Å². The van der Waals surface area contributed by atoms with E-state index in [4.69, 9.17) is 4.74 Å². The number of hydrogen-bond donors (Lipinski definition) is 3. The van der Waals surface area contributed by atoms with Crippen molar-refractivity contribution in [3.8, 4) is 0 Å². The second-order valence-corrected chi connectivity index (χ2v) is 8.32. The van der Waals surface area contributed by atoms with Gasteiger partial charge in [-0.2, -0.15) is 0 Å². The normalized spacial score (nSPS) is 12.4.